The van der Waals surface area contributed by atoms with Gasteiger partial charge in [-0.3, -0.25) is 4.79 Å². The highest BCUT2D eigenvalue weighted by Gasteiger charge is 2.46. The number of thioether (sulfide) groups is 1. The van der Waals surface area contributed by atoms with E-state index in [1.807, 2.05) is 0 Å². The molecule has 2 aromatic heterocycles. The van der Waals surface area contributed by atoms with Gasteiger partial charge < -0.3 is 9.84 Å². The lowest BCUT2D eigenvalue weighted by atomic mass is 10.1. The number of Topliss-reactive ketones (excluding diaryl/α,β-unsaturated/α-hetero) is 1. The lowest BCUT2D eigenvalue weighted by Crippen LogP contribution is -2.33. The summed E-state index contributed by atoms with van der Waals surface area (Å²) in [5, 5.41) is 11.2. The number of aromatic nitrogens is 3. The molecule has 0 saturated heterocycles. The normalized spacial score (nSPS) is 16.1. The van der Waals surface area contributed by atoms with Crippen LogP contribution in [0.15, 0.2) is 23.5 Å². The lowest BCUT2D eigenvalue weighted by Gasteiger charge is -2.10. The number of imidazole rings is 1. The molecule has 0 spiro atoms. The van der Waals surface area contributed by atoms with E-state index in [2.05, 4.69) is 9.72 Å². The van der Waals surface area contributed by atoms with Crippen molar-refractivity contribution in [3.63, 3.8) is 0 Å². The minimum atomic E-state index is -4.77. The third kappa shape index (κ3) is 3.81. The zero-order valence-electron chi connectivity index (χ0n) is 14.4. The number of hydrogen-bond donors (Lipinski definition) is 1. The van der Waals surface area contributed by atoms with E-state index in [1.165, 1.54) is 27.1 Å². The van der Waals surface area contributed by atoms with Gasteiger partial charge in [0.05, 0.1) is 12.3 Å². The maximum atomic E-state index is 12.5. The van der Waals surface area contributed by atoms with E-state index in [0.717, 1.165) is 0 Å². The number of alkyl halides is 3. The van der Waals surface area contributed by atoms with E-state index in [4.69, 9.17) is 11.6 Å². The number of ether oxygens (including phenoxy) is 1. The third-order valence-corrected chi connectivity index (χ3v) is 5.43. The highest BCUT2D eigenvalue weighted by molar-refractivity contribution is 7.99. The Morgan fingerprint density at radius 2 is 2.18 bits per heavy atom. The molecule has 0 radical (unpaired) electrons. The van der Waals surface area contributed by atoms with Gasteiger partial charge in [0, 0.05) is 11.8 Å². The molecule has 0 aliphatic carbocycles. The van der Waals surface area contributed by atoms with E-state index in [-0.39, 0.29) is 11.7 Å². The van der Waals surface area contributed by atoms with E-state index in [9.17, 15) is 27.9 Å². The van der Waals surface area contributed by atoms with Crippen LogP contribution in [0.4, 0.5) is 13.2 Å². The summed E-state index contributed by atoms with van der Waals surface area (Å²) < 4.78 is 43.7. The van der Waals surface area contributed by atoms with Gasteiger partial charge in [-0.15, -0.1) is 0 Å². The molecule has 3 heterocycles. The number of pyridine rings is 1. The number of fused-ring (bicyclic) bond motifs is 1. The van der Waals surface area contributed by atoms with Crippen molar-refractivity contribution in [2.45, 2.75) is 30.8 Å². The fourth-order valence-corrected chi connectivity index (χ4v) is 4.34. The number of hydrogen-bond acceptors (Lipinski definition) is 6. The van der Waals surface area contributed by atoms with E-state index >= 15 is 0 Å². The van der Waals surface area contributed by atoms with Crippen molar-refractivity contribution in [1.82, 2.24) is 9.55 Å². The van der Waals surface area contributed by atoms with Crippen LogP contribution in [-0.2, 0) is 16.1 Å². The fraction of sp³-hybridized carbons (Fsp3) is 0.375. The first kappa shape index (κ1) is 20.5. The zero-order chi connectivity index (χ0) is 20.6. The van der Waals surface area contributed by atoms with Gasteiger partial charge in [0.2, 0.25) is 0 Å². The molecule has 7 nitrogen and oxygen atoms in total. The molecular weight excluding hydrogens is 423 g/mol. The summed E-state index contributed by atoms with van der Waals surface area (Å²) >= 11 is 7.12. The summed E-state index contributed by atoms with van der Waals surface area (Å²) in [6, 6.07) is 2.76. The van der Waals surface area contributed by atoms with Gasteiger partial charge in [-0.05, 0) is 24.8 Å². The van der Waals surface area contributed by atoms with Gasteiger partial charge in [0.1, 0.15) is 11.2 Å². The molecule has 2 aromatic rings. The van der Waals surface area contributed by atoms with Crippen molar-refractivity contribution in [2.75, 3.05) is 12.4 Å². The summed E-state index contributed by atoms with van der Waals surface area (Å²) in [4.78, 5) is 28.4. The van der Waals surface area contributed by atoms with Crippen LogP contribution in [0.2, 0.25) is 5.15 Å². The number of carbonyl (C=O) groups excluding carboxylic acids is 2. The molecule has 0 aromatic carbocycles. The number of nitrogens with zero attached hydrogens (tertiary/aromatic N) is 3. The molecule has 0 fully saturated rings. The molecule has 0 bridgehead atoms. The molecular formula is C16H14ClF3N3O4S+. The van der Waals surface area contributed by atoms with Crippen LogP contribution < -0.4 is 4.57 Å². The standard InChI is InChI=1S/C16H13ClF3N3O4S/c1-2-22-13(25)11(12(24)14(26)27-7-16(18,19)20)23-9(6-28-15(22)23)8-3-4-10(17)21-5-8/h3-5,9H,2,6-7H2,1H3/p+1. The summed E-state index contributed by atoms with van der Waals surface area (Å²) in [5.41, 5.74) is 0.237. The van der Waals surface area contributed by atoms with Crippen molar-refractivity contribution in [2.24, 2.45) is 0 Å². The number of esters is 1. The van der Waals surface area contributed by atoms with Crippen molar-refractivity contribution in [3.05, 3.63) is 34.7 Å². The van der Waals surface area contributed by atoms with E-state index in [1.54, 1.807) is 19.1 Å². The highest BCUT2D eigenvalue weighted by Crippen LogP contribution is 2.40. The first-order chi connectivity index (χ1) is 13.1. The van der Waals surface area contributed by atoms with E-state index in [0.29, 0.717) is 16.5 Å². The second kappa shape index (κ2) is 7.63. The van der Waals surface area contributed by atoms with Gasteiger partial charge in [-0.2, -0.15) is 17.7 Å². The van der Waals surface area contributed by atoms with Crippen LogP contribution in [0, 0.1) is 0 Å². The summed E-state index contributed by atoms with van der Waals surface area (Å²) in [6.07, 6.45) is -3.28. The van der Waals surface area contributed by atoms with Crippen molar-refractivity contribution in [1.29, 1.82) is 0 Å². The van der Waals surface area contributed by atoms with Gasteiger partial charge in [0.25, 0.3) is 5.69 Å². The Bertz CT molecular complexity index is 931. The van der Waals surface area contributed by atoms with Crippen molar-refractivity contribution >= 4 is 35.1 Å². The predicted molar refractivity (Wildman–Crippen MR) is 91.4 cm³/mol. The Hall–Kier alpha value is -2.27. The topological polar surface area (TPSA) is 85.3 Å². The smallest absolute Gasteiger partial charge is 0.422 e. The Kier molecular flexibility index (Phi) is 5.57. The maximum absolute atomic E-state index is 12.5. The monoisotopic (exact) mass is 436 g/mol. The molecule has 1 unspecified atom stereocenters. The number of aromatic hydroxyl groups is 1. The molecule has 12 heteroatoms. The van der Waals surface area contributed by atoms with E-state index < -0.39 is 42.2 Å². The fourth-order valence-electron chi connectivity index (χ4n) is 2.85. The van der Waals surface area contributed by atoms with Crippen LogP contribution >= 0.6 is 23.4 Å². The van der Waals surface area contributed by atoms with Crippen molar-refractivity contribution in [3.8, 4) is 5.88 Å². The molecule has 1 aliphatic rings. The first-order valence-corrected chi connectivity index (χ1v) is 9.39. The summed E-state index contributed by atoms with van der Waals surface area (Å²) in [5.74, 6) is -3.09. The second-order valence-corrected chi connectivity index (χ2v) is 7.20. The number of carbonyl (C=O) groups is 2. The predicted octanol–water partition coefficient (Wildman–Crippen LogP) is 2.53. The lowest BCUT2D eigenvalue weighted by molar-refractivity contribution is -0.734. The Balaban J connectivity index is 2.01. The maximum Gasteiger partial charge on any atom is 0.422 e. The molecule has 1 aliphatic heterocycles. The van der Waals surface area contributed by atoms with Crippen LogP contribution in [0.1, 0.15) is 29.0 Å². The van der Waals surface area contributed by atoms with Gasteiger partial charge in [-0.25, -0.2) is 14.3 Å². The highest BCUT2D eigenvalue weighted by atomic mass is 35.5. The molecule has 150 valence electrons. The third-order valence-electron chi connectivity index (χ3n) is 4.05. The zero-order valence-corrected chi connectivity index (χ0v) is 15.9. The first-order valence-electron chi connectivity index (χ1n) is 8.03. The van der Waals surface area contributed by atoms with Crippen LogP contribution in [-0.4, -0.2) is 44.9 Å². The Labute approximate surface area is 166 Å². The molecule has 0 amide bonds. The van der Waals surface area contributed by atoms with Gasteiger partial charge >= 0.3 is 29.0 Å². The van der Waals surface area contributed by atoms with Gasteiger partial charge in [0.15, 0.2) is 6.61 Å². The molecule has 28 heavy (non-hydrogen) atoms. The molecule has 0 saturated carbocycles. The average molecular weight is 437 g/mol. The number of halogens is 4. The Morgan fingerprint density at radius 1 is 1.46 bits per heavy atom. The van der Waals surface area contributed by atoms with Crippen LogP contribution in [0.5, 0.6) is 5.88 Å². The van der Waals surface area contributed by atoms with Crippen molar-refractivity contribution < 1.29 is 37.2 Å². The number of rotatable bonds is 5. The van der Waals surface area contributed by atoms with Gasteiger partial charge in [-0.1, -0.05) is 17.7 Å². The summed E-state index contributed by atoms with van der Waals surface area (Å²) in [7, 11) is 0. The second-order valence-electron chi connectivity index (χ2n) is 5.83. The summed E-state index contributed by atoms with van der Waals surface area (Å²) in [6.45, 7) is 0.109. The molecule has 1 N–H and O–H groups in total. The quantitative estimate of drug-likeness (QED) is 0.255. The Morgan fingerprint density at radius 3 is 2.75 bits per heavy atom. The largest absolute Gasteiger partial charge is 0.475 e. The van der Waals surface area contributed by atoms with Crippen LogP contribution in [0.3, 0.4) is 0 Å². The minimum absolute atomic E-state index is 0.264. The van der Waals surface area contributed by atoms with Crippen LogP contribution in [0.25, 0.3) is 0 Å². The minimum Gasteiger partial charge on any atom is -0.475 e. The SMILES string of the molecule is CC[n+]1c(O)c(C(=O)C(=O)OCC(F)(F)F)n2c1SCC2c1ccc(Cl)nc1. The molecule has 3 rings (SSSR count). The molecule has 1 atom stereocenters. The average Bonchev–Trinajstić information content (AvgIpc) is 3.16. The number of ketones is 1.